The standard InChI is InChI=1S/C34H31N3O2/c1-2-3-4-26-5-7-27(8-6-26)9-10-28-11-13-30(14-12-28)24-37(25-31-17-21-33(38)22-18-31)34(39)36-32-19-15-29(23-35)16-20-32/h5-8,11-22,38H,2-4,24-25H2,1H3,(H,36,39). The largest absolute Gasteiger partial charge is 0.508 e. The molecule has 39 heavy (non-hydrogen) atoms. The number of aromatic hydroxyl groups is 1. The average molecular weight is 514 g/mol. The van der Waals surface area contributed by atoms with Crippen molar-refractivity contribution < 1.29 is 9.90 Å². The van der Waals surface area contributed by atoms with E-state index >= 15 is 0 Å². The Bertz CT molecular complexity index is 1470. The summed E-state index contributed by atoms with van der Waals surface area (Å²) in [5.74, 6) is 6.63. The van der Waals surface area contributed by atoms with Gasteiger partial charge >= 0.3 is 6.03 Å². The van der Waals surface area contributed by atoms with Gasteiger partial charge in [0.15, 0.2) is 0 Å². The van der Waals surface area contributed by atoms with Gasteiger partial charge in [-0.3, -0.25) is 0 Å². The predicted molar refractivity (Wildman–Crippen MR) is 155 cm³/mol. The fourth-order valence-corrected chi connectivity index (χ4v) is 4.05. The number of benzene rings is 4. The molecule has 0 aliphatic carbocycles. The number of hydrogen-bond acceptors (Lipinski definition) is 3. The zero-order valence-electron chi connectivity index (χ0n) is 22.0. The third-order valence-electron chi connectivity index (χ3n) is 6.31. The van der Waals surface area contributed by atoms with Crippen molar-refractivity contribution in [2.75, 3.05) is 5.32 Å². The van der Waals surface area contributed by atoms with Crippen molar-refractivity contribution in [2.45, 2.75) is 39.3 Å². The van der Waals surface area contributed by atoms with Crippen molar-refractivity contribution in [3.05, 3.63) is 130 Å². The third kappa shape index (κ3) is 8.25. The van der Waals surface area contributed by atoms with E-state index in [1.807, 2.05) is 24.3 Å². The van der Waals surface area contributed by atoms with Crippen LogP contribution in [0.2, 0.25) is 0 Å². The molecule has 0 aliphatic heterocycles. The molecule has 4 rings (SSSR count). The Morgan fingerprint density at radius 3 is 1.74 bits per heavy atom. The first kappa shape index (κ1) is 27.0. The van der Waals surface area contributed by atoms with Crippen molar-refractivity contribution >= 4 is 11.7 Å². The minimum Gasteiger partial charge on any atom is -0.508 e. The van der Waals surface area contributed by atoms with Crippen LogP contribution < -0.4 is 5.32 Å². The van der Waals surface area contributed by atoms with Crippen LogP contribution in [0.4, 0.5) is 10.5 Å². The molecule has 0 aromatic heterocycles. The van der Waals surface area contributed by atoms with Crippen LogP contribution in [-0.4, -0.2) is 16.0 Å². The van der Waals surface area contributed by atoms with E-state index < -0.39 is 0 Å². The summed E-state index contributed by atoms with van der Waals surface area (Å²) < 4.78 is 0. The molecule has 4 aromatic carbocycles. The van der Waals surface area contributed by atoms with Crippen molar-refractivity contribution in [1.82, 2.24) is 4.90 Å². The highest BCUT2D eigenvalue weighted by atomic mass is 16.3. The van der Waals surface area contributed by atoms with Crippen LogP contribution >= 0.6 is 0 Å². The average Bonchev–Trinajstić information content (AvgIpc) is 2.97. The number of nitrogens with one attached hydrogen (secondary N) is 1. The number of phenolic OH excluding ortho intramolecular Hbond substituents is 1. The highest BCUT2D eigenvalue weighted by Gasteiger charge is 2.15. The van der Waals surface area contributed by atoms with E-state index in [-0.39, 0.29) is 11.8 Å². The number of hydrogen-bond donors (Lipinski definition) is 2. The molecule has 4 aromatic rings. The number of phenols is 1. The summed E-state index contributed by atoms with van der Waals surface area (Å²) in [5.41, 5.74) is 6.23. The fourth-order valence-electron chi connectivity index (χ4n) is 4.05. The van der Waals surface area contributed by atoms with Gasteiger partial charge in [-0.2, -0.15) is 5.26 Å². The minimum atomic E-state index is -0.265. The van der Waals surface area contributed by atoms with Gasteiger partial charge in [0.1, 0.15) is 5.75 Å². The molecule has 0 spiro atoms. The molecule has 0 atom stereocenters. The van der Waals surface area contributed by atoms with E-state index in [2.05, 4.69) is 54.4 Å². The maximum atomic E-state index is 13.2. The summed E-state index contributed by atoms with van der Waals surface area (Å²) >= 11 is 0. The molecule has 5 nitrogen and oxygen atoms in total. The zero-order valence-corrected chi connectivity index (χ0v) is 22.0. The molecule has 0 unspecified atom stereocenters. The van der Waals surface area contributed by atoms with Gasteiger partial charge in [-0.25, -0.2) is 4.79 Å². The molecule has 0 heterocycles. The van der Waals surface area contributed by atoms with Crippen molar-refractivity contribution in [3.8, 4) is 23.7 Å². The first-order chi connectivity index (χ1) is 19.0. The van der Waals surface area contributed by atoms with Gasteiger partial charge in [0.25, 0.3) is 0 Å². The summed E-state index contributed by atoms with van der Waals surface area (Å²) in [6.45, 7) is 2.94. The number of carbonyl (C=O) groups excluding carboxylic acids is 1. The number of rotatable bonds is 8. The highest BCUT2D eigenvalue weighted by molar-refractivity contribution is 5.89. The lowest BCUT2D eigenvalue weighted by molar-refractivity contribution is 0.206. The van der Waals surface area contributed by atoms with Gasteiger partial charge in [0.2, 0.25) is 0 Å². The third-order valence-corrected chi connectivity index (χ3v) is 6.31. The second-order valence-corrected chi connectivity index (χ2v) is 9.39. The number of unbranched alkanes of at least 4 members (excludes halogenated alkanes) is 1. The number of anilines is 1. The van der Waals surface area contributed by atoms with Crippen LogP contribution in [-0.2, 0) is 19.5 Å². The van der Waals surface area contributed by atoms with E-state index in [0.29, 0.717) is 24.3 Å². The van der Waals surface area contributed by atoms with Crippen LogP contribution in [0.25, 0.3) is 0 Å². The molecular formula is C34H31N3O2. The normalized spacial score (nSPS) is 10.2. The Hall–Kier alpha value is -5.00. The van der Waals surface area contributed by atoms with E-state index in [1.165, 1.54) is 18.4 Å². The number of aryl methyl sites for hydroxylation is 1. The number of carbonyl (C=O) groups is 1. The number of urea groups is 1. The minimum absolute atomic E-state index is 0.177. The highest BCUT2D eigenvalue weighted by Crippen LogP contribution is 2.17. The van der Waals surface area contributed by atoms with Crippen LogP contribution in [0.5, 0.6) is 5.75 Å². The van der Waals surface area contributed by atoms with E-state index in [4.69, 9.17) is 5.26 Å². The van der Waals surface area contributed by atoms with Crippen molar-refractivity contribution in [3.63, 3.8) is 0 Å². The van der Waals surface area contributed by atoms with Crippen LogP contribution in [0.1, 0.15) is 53.1 Å². The Balaban J connectivity index is 1.45. The first-order valence-electron chi connectivity index (χ1n) is 13.1. The maximum absolute atomic E-state index is 13.2. The topological polar surface area (TPSA) is 76.4 Å². The lowest BCUT2D eigenvalue weighted by Gasteiger charge is -2.23. The van der Waals surface area contributed by atoms with Gasteiger partial charge in [-0.1, -0.05) is 61.6 Å². The zero-order chi connectivity index (χ0) is 27.5. The number of nitrogens with zero attached hydrogens (tertiary/aromatic N) is 2. The molecule has 0 saturated carbocycles. The second kappa shape index (κ2) is 13.5. The van der Waals surface area contributed by atoms with Crippen LogP contribution in [0.15, 0.2) is 97.1 Å². The summed E-state index contributed by atoms with van der Waals surface area (Å²) in [6, 6.07) is 31.7. The van der Waals surface area contributed by atoms with Crippen molar-refractivity contribution in [2.24, 2.45) is 0 Å². The van der Waals surface area contributed by atoms with Gasteiger partial charge in [-0.15, -0.1) is 0 Å². The fraction of sp³-hybridized carbons (Fsp3) is 0.176. The Kier molecular flexibility index (Phi) is 9.37. The monoisotopic (exact) mass is 513 g/mol. The molecule has 0 fully saturated rings. The van der Waals surface area contributed by atoms with Gasteiger partial charge < -0.3 is 15.3 Å². The summed E-state index contributed by atoms with van der Waals surface area (Å²) in [7, 11) is 0. The maximum Gasteiger partial charge on any atom is 0.322 e. The van der Waals surface area contributed by atoms with Gasteiger partial charge in [0, 0.05) is 29.9 Å². The lowest BCUT2D eigenvalue weighted by atomic mass is 10.1. The molecule has 2 N–H and O–H groups in total. The summed E-state index contributed by atoms with van der Waals surface area (Å²) in [4.78, 5) is 14.9. The second-order valence-electron chi connectivity index (χ2n) is 9.39. The molecule has 0 bridgehead atoms. The van der Waals surface area contributed by atoms with Gasteiger partial charge in [0.05, 0.1) is 11.6 Å². The number of amides is 2. The van der Waals surface area contributed by atoms with Crippen molar-refractivity contribution in [1.29, 1.82) is 5.26 Å². The van der Waals surface area contributed by atoms with E-state index in [0.717, 1.165) is 28.7 Å². The number of nitriles is 1. The molecule has 0 saturated heterocycles. The molecule has 5 heteroatoms. The lowest BCUT2D eigenvalue weighted by Crippen LogP contribution is -2.34. The molecular weight excluding hydrogens is 482 g/mol. The Morgan fingerprint density at radius 1 is 0.744 bits per heavy atom. The first-order valence-corrected chi connectivity index (χ1v) is 13.1. The molecule has 194 valence electrons. The molecule has 0 aliphatic rings. The van der Waals surface area contributed by atoms with E-state index in [9.17, 15) is 9.90 Å². The van der Waals surface area contributed by atoms with Crippen LogP contribution in [0.3, 0.4) is 0 Å². The summed E-state index contributed by atoms with van der Waals surface area (Å²) in [6.07, 6.45) is 3.48. The summed E-state index contributed by atoms with van der Waals surface area (Å²) in [5, 5.41) is 21.6. The Morgan fingerprint density at radius 2 is 1.23 bits per heavy atom. The molecule has 0 radical (unpaired) electrons. The van der Waals surface area contributed by atoms with Crippen LogP contribution in [0, 0.1) is 23.2 Å². The predicted octanol–water partition coefficient (Wildman–Crippen LogP) is 7.24. The molecule has 2 amide bonds. The van der Waals surface area contributed by atoms with E-state index in [1.54, 1.807) is 53.4 Å². The SMILES string of the molecule is CCCCc1ccc(C#Cc2ccc(CN(Cc3ccc(O)cc3)C(=O)Nc3ccc(C#N)cc3)cc2)cc1. The quantitative estimate of drug-likeness (QED) is 0.244. The Labute approximate surface area is 230 Å². The van der Waals surface area contributed by atoms with Gasteiger partial charge in [-0.05, 0) is 90.2 Å². The smallest absolute Gasteiger partial charge is 0.322 e.